The van der Waals surface area contributed by atoms with Gasteiger partial charge in [0.05, 0.1) is 4.88 Å². The molecule has 0 unspecified atom stereocenters. The summed E-state index contributed by atoms with van der Waals surface area (Å²) < 4.78 is 3.38. The maximum absolute atomic E-state index is 10.6. The average molecular weight is 367 g/mol. The van der Waals surface area contributed by atoms with Crippen molar-refractivity contribution in [2.24, 2.45) is 0 Å². The molecule has 0 radical (unpaired) electrons. The summed E-state index contributed by atoms with van der Waals surface area (Å²) in [6, 6.07) is 6.04. The number of hydrogen-bond donors (Lipinski definition) is 0. The summed E-state index contributed by atoms with van der Waals surface area (Å²) in [7, 11) is 0. The molecule has 0 aliphatic heterocycles. The quantitative estimate of drug-likeness (QED) is 0.549. The summed E-state index contributed by atoms with van der Waals surface area (Å²) in [6.45, 7) is 0. The summed E-state index contributed by atoms with van der Waals surface area (Å²) in [5, 5.41) is 1.13. The van der Waals surface area contributed by atoms with Gasteiger partial charge in [0.2, 0.25) is 0 Å². The number of thiophene rings is 1. The van der Waals surface area contributed by atoms with Crippen molar-refractivity contribution in [3.05, 3.63) is 31.1 Å². The highest BCUT2D eigenvalue weighted by Crippen LogP contribution is 2.32. The van der Waals surface area contributed by atoms with Crippen LogP contribution >= 0.6 is 49.9 Å². The number of carbonyl (C=O) groups is 1. The first-order chi connectivity index (χ1) is 6.20. The van der Waals surface area contributed by atoms with Gasteiger partial charge < -0.3 is 0 Å². The molecule has 0 spiro atoms. The molecule has 0 saturated carbocycles. The molecule has 0 amide bonds. The van der Waals surface area contributed by atoms with Crippen molar-refractivity contribution in [3.63, 3.8) is 0 Å². The van der Waals surface area contributed by atoms with Crippen LogP contribution in [0.5, 0.6) is 0 Å². The Kier molecular flexibility index (Phi) is 2.71. The predicted octanol–water partition coefficient (Wildman–Crippen LogP) is 4.08. The lowest BCUT2D eigenvalue weighted by atomic mass is 10.2. The molecule has 0 aliphatic rings. The Morgan fingerprint density at radius 1 is 1.38 bits per heavy atom. The normalized spacial score (nSPS) is 10.6. The van der Waals surface area contributed by atoms with Crippen LogP contribution in [0.2, 0.25) is 0 Å². The van der Waals surface area contributed by atoms with Crippen LogP contribution in [-0.4, -0.2) is 6.29 Å². The minimum atomic E-state index is 0.776. The van der Waals surface area contributed by atoms with E-state index in [1.165, 1.54) is 14.9 Å². The van der Waals surface area contributed by atoms with Crippen molar-refractivity contribution in [2.75, 3.05) is 0 Å². The minimum Gasteiger partial charge on any atom is -0.297 e. The molecule has 66 valence electrons. The van der Waals surface area contributed by atoms with Crippen LogP contribution in [0.3, 0.4) is 0 Å². The number of carbonyl (C=O) groups excluding carboxylic acids is 1. The SMILES string of the molecule is O=Cc1cc2cc(I)cc(Br)c2s1. The van der Waals surface area contributed by atoms with Gasteiger partial charge in [0, 0.05) is 12.7 Å². The number of benzene rings is 1. The molecule has 1 nitrogen and oxygen atoms in total. The van der Waals surface area contributed by atoms with Crippen LogP contribution in [0, 0.1) is 3.57 Å². The largest absolute Gasteiger partial charge is 0.297 e. The molecular formula is C9H4BrIOS. The highest BCUT2D eigenvalue weighted by Gasteiger charge is 2.05. The lowest BCUT2D eigenvalue weighted by Crippen LogP contribution is -1.70. The Labute approximate surface area is 101 Å². The fraction of sp³-hybridized carbons (Fsp3) is 0. The lowest BCUT2D eigenvalue weighted by molar-refractivity contribution is 0.112. The Hall–Kier alpha value is 0.0600. The Bertz CT molecular complexity index is 478. The number of rotatable bonds is 1. The van der Waals surface area contributed by atoms with Crippen molar-refractivity contribution in [3.8, 4) is 0 Å². The number of aldehydes is 1. The predicted molar refractivity (Wildman–Crippen MR) is 67.6 cm³/mol. The lowest BCUT2D eigenvalue weighted by Gasteiger charge is -1.94. The van der Waals surface area contributed by atoms with E-state index in [-0.39, 0.29) is 0 Å². The van der Waals surface area contributed by atoms with Crippen LogP contribution < -0.4 is 0 Å². The monoisotopic (exact) mass is 366 g/mol. The zero-order valence-corrected chi connectivity index (χ0v) is 10.9. The molecule has 1 aromatic carbocycles. The number of hydrogen-bond acceptors (Lipinski definition) is 2. The summed E-state index contributed by atoms with van der Waals surface area (Å²) in [5.74, 6) is 0. The molecule has 1 aromatic heterocycles. The maximum Gasteiger partial charge on any atom is 0.160 e. The van der Waals surface area contributed by atoms with Gasteiger partial charge in [-0.2, -0.15) is 0 Å². The van der Waals surface area contributed by atoms with Gasteiger partial charge in [-0.25, -0.2) is 0 Å². The first-order valence-corrected chi connectivity index (χ1v) is 6.23. The first-order valence-electron chi connectivity index (χ1n) is 3.54. The second-order valence-electron chi connectivity index (χ2n) is 2.57. The molecule has 0 saturated heterocycles. The van der Waals surface area contributed by atoms with Gasteiger partial charge in [-0.3, -0.25) is 4.79 Å². The molecule has 2 aromatic rings. The van der Waals surface area contributed by atoms with Crippen LogP contribution in [-0.2, 0) is 0 Å². The third-order valence-corrected chi connectivity index (χ3v) is 4.29. The zero-order chi connectivity index (χ0) is 9.42. The van der Waals surface area contributed by atoms with Gasteiger partial charge in [-0.05, 0) is 62.1 Å². The fourth-order valence-corrected chi connectivity index (χ4v) is 3.81. The summed E-state index contributed by atoms with van der Waals surface area (Å²) in [4.78, 5) is 11.3. The molecule has 0 atom stereocenters. The third-order valence-electron chi connectivity index (χ3n) is 1.67. The molecule has 0 N–H and O–H groups in total. The van der Waals surface area contributed by atoms with Crippen molar-refractivity contribution in [2.45, 2.75) is 0 Å². The van der Waals surface area contributed by atoms with Crippen molar-refractivity contribution >= 4 is 66.2 Å². The van der Waals surface area contributed by atoms with E-state index in [4.69, 9.17) is 0 Å². The van der Waals surface area contributed by atoms with Gasteiger partial charge in [0.1, 0.15) is 0 Å². The second-order valence-corrected chi connectivity index (χ2v) is 5.76. The molecule has 2 rings (SSSR count). The summed E-state index contributed by atoms with van der Waals surface area (Å²) in [5.41, 5.74) is 0. The molecule has 0 bridgehead atoms. The van der Waals surface area contributed by atoms with E-state index in [2.05, 4.69) is 44.6 Å². The standard InChI is InChI=1S/C9H4BrIOS/c10-8-3-6(11)1-5-2-7(4-12)13-9(5)8/h1-4H. The van der Waals surface area contributed by atoms with Crippen molar-refractivity contribution in [1.82, 2.24) is 0 Å². The van der Waals surface area contributed by atoms with Crippen molar-refractivity contribution < 1.29 is 4.79 Å². The van der Waals surface area contributed by atoms with E-state index in [0.717, 1.165) is 25.7 Å². The van der Waals surface area contributed by atoms with E-state index in [9.17, 15) is 4.79 Å². The highest BCUT2D eigenvalue weighted by atomic mass is 127. The van der Waals surface area contributed by atoms with Crippen molar-refractivity contribution in [1.29, 1.82) is 0 Å². The van der Waals surface area contributed by atoms with E-state index in [1.807, 2.05) is 12.1 Å². The molecule has 0 fully saturated rings. The van der Waals surface area contributed by atoms with Crippen LogP contribution in [0.25, 0.3) is 10.1 Å². The molecule has 4 heteroatoms. The van der Waals surface area contributed by atoms with E-state index < -0.39 is 0 Å². The fourth-order valence-electron chi connectivity index (χ4n) is 1.15. The average Bonchev–Trinajstić information content (AvgIpc) is 2.47. The topological polar surface area (TPSA) is 17.1 Å². The van der Waals surface area contributed by atoms with E-state index in [1.54, 1.807) is 0 Å². The van der Waals surface area contributed by atoms with Gasteiger partial charge in [0.15, 0.2) is 6.29 Å². The molecule has 0 aliphatic carbocycles. The third kappa shape index (κ3) is 1.80. The smallest absolute Gasteiger partial charge is 0.160 e. The molecular weight excluding hydrogens is 363 g/mol. The Balaban J connectivity index is 2.82. The van der Waals surface area contributed by atoms with E-state index in [0.29, 0.717) is 0 Å². The summed E-state index contributed by atoms with van der Waals surface area (Å²) >= 11 is 7.26. The van der Waals surface area contributed by atoms with Gasteiger partial charge >= 0.3 is 0 Å². The van der Waals surface area contributed by atoms with Crippen LogP contribution in [0.15, 0.2) is 22.7 Å². The molecule has 1 heterocycles. The first kappa shape index (κ1) is 9.61. The maximum atomic E-state index is 10.6. The number of halogens is 2. The Morgan fingerprint density at radius 3 is 2.85 bits per heavy atom. The van der Waals surface area contributed by atoms with E-state index >= 15 is 0 Å². The second kappa shape index (κ2) is 3.67. The highest BCUT2D eigenvalue weighted by molar-refractivity contribution is 14.1. The number of fused-ring (bicyclic) bond motifs is 1. The Morgan fingerprint density at radius 2 is 2.15 bits per heavy atom. The van der Waals surface area contributed by atoms with Gasteiger partial charge in [-0.1, -0.05) is 0 Å². The minimum absolute atomic E-state index is 0.776. The molecule has 13 heavy (non-hydrogen) atoms. The summed E-state index contributed by atoms with van der Waals surface area (Å²) in [6.07, 6.45) is 0.893. The van der Waals surface area contributed by atoms with Gasteiger partial charge in [-0.15, -0.1) is 11.3 Å². The van der Waals surface area contributed by atoms with Gasteiger partial charge in [0.25, 0.3) is 0 Å². The van der Waals surface area contributed by atoms with Crippen LogP contribution in [0.4, 0.5) is 0 Å². The van der Waals surface area contributed by atoms with Crippen LogP contribution in [0.1, 0.15) is 9.67 Å². The zero-order valence-electron chi connectivity index (χ0n) is 6.38.